The maximum Gasteiger partial charge on any atom is 0.324 e. The second-order valence-corrected chi connectivity index (χ2v) is 7.55. The van der Waals surface area contributed by atoms with Gasteiger partial charge in [0.1, 0.15) is 5.75 Å². The van der Waals surface area contributed by atoms with E-state index in [9.17, 15) is 14.9 Å². The molecule has 1 aliphatic rings. The number of methoxy groups -OCH3 is 1. The Kier molecular flexibility index (Phi) is 6.41. The van der Waals surface area contributed by atoms with Crippen molar-refractivity contribution in [3.63, 3.8) is 0 Å². The SMILES string of the molecule is COc1ccc(C(CNC(=O)c2ccc([N+](=O)[O-])s2)N2CCCCC2)cc1. The smallest absolute Gasteiger partial charge is 0.324 e. The molecular weight excluding hydrogens is 366 g/mol. The van der Waals surface area contributed by atoms with E-state index in [1.54, 1.807) is 7.11 Å². The van der Waals surface area contributed by atoms with Gasteiger partial charge in [-0.25, -0.2) is 0 Å². The topological polar surface area (TPSA) is 84.7 Å². The van der Waals surface area contributed by atoms with Crippen LogP contribution in [0.5, 0.6) is 5.75 Å². The third-order valence-corrected chi connectivity index (χ3v) is 5.82. The largest absolute Gasteiger partial charge is 0.497 e. The number of thiophene rings is 1. The van der Waals surface area contributed by atoms with Gasteiger partial charge < -0.3 is 10.1 Å². The first-order chi connectivity index (χ1) is 13.1. The summed E-state index contributed by atoms with van der Waals surface area (Å²) < 4.78 is 5.24. The molecular formula is C19H23N3O4S. The van der Waals surface area contributed by atoms with Crippen molar-refractivity contribution in [1.82, 2.24) is 10.2 Å². The first-order valence-electron chi connectivity index (χ1n) is 8.99. The summed E-state index contributed by atoms with van der Waals surface area (Å²) in [7, 11) is 1.64. The summed E-state index contributed by atoms with van der Waals surface area (Å²) in [6, 6.07) is 10.8. The Morgan fingerprint density at radius 3 is 2.52 bits per heavy atom. The molecule has 7 nitrogen and oxygen atoms in total. The van der Waals surface area contributed by atoms with Crippen molar-refractivity contribution in [2.24, 2.45) is 0 Å². The predicted molar refractivity (Wildman–Crippen MR) is 104 cm³/mol. The number of carbonyl (C=O) groups excluding carboxylic acids is 1. The van der Waals surface area contributed by atoms with Gasteiger partial charge in [0, 0.05) is 12.6 Å². The molecule has 1 fully saturated rings. The molecule has 1 aromatic carbocycles. The van der Waals surface area contributed by atoms with Crippen molar-refractivity contribution in [2.45, 2.75) is 25.3 Å². The number of rotatable bonds is 7. The molecule has 1 N–H and O–H groups in total. The molecule has 0 saturated carbocycles. The van der Waals surface area contributed by atoms with Crippen LogP contribution in [0.4, 0.5) is 5.00 Å². The van der Waals surface area contributed by atoms with E-state index in [1.807, 2.05) is 24.3 Å². The fourth-order valence-electron chi connectivity index (χ4n) is 3.34. The average molecular weight is 389 g/mol. The third-order valence-electron chi connectivity index (χ3n) is 4.78. The monoisotopic (exact) mass is 389 g/mol. The number of likely N-dealkylation sites (tertiary alicyclic amines) is 1. The average Bonchev–Trinajstić information content (AvgIpc) is 3.20. The van der Waals surface area contributed by atoms with Crippen molar-refractivity contribution in [3.8, 4) is 5.75 Å². The number of nitrogens with one attached hydrogen (secondary N) is 1. The molecule has 1 amide bonds. The minimum atomic E-state index is -0.477. The Bertz CT molecular complexity index is 785. The number of piperidine rings is 1. The Morgan fingerprint density at radius 2 is 1.93 bits per heavy atom. The Morgan fingerprint density at radius 1 is 1.22 bits per heavy atom. The van der Waals surface area contributed by atoms with Gasteiger partial charge in [-0.15, -0.1) is 0 Å². The Labute approximate surface area is 162 Å². The van der Waals surface area contributed by atoms with Gasteiger partial charge in [-0.2, -0.15) is 0 Å². The Balaban J connectivity index is 1.71. The van der Waals surface area contributed by atoms with Crippen LogP contribution >= 0.6 is 11.3 Å². The van der Waals surface area contributed by atoms with Crippen molar-refractivity contribution < 1.29 is 14.5 Å². The Hall–Kier alpha value is -2.45. The van der Waals surface area contributed by atoms with Gasteiger partial charge >= 0.3 is 5.00 Å². The lowest BCUT2D eigenvalue weighted by Gasteiger charge is -2.35. The molecule has 0 radical (unpaired) electrons. The molecule has 1 atom stereocenters. The van der Waals surface area contributed by atoms with Crippen LogP contribution in [-0.4, -0.2) is 42.5 Å². The first-order valence-corrected chi connectivity index (χ1v) is 9.80. The van der Waals surface area contributed by atoms with Crippen molar-refractivity contribution >= 4 is 22.2 Å². The van der Waals surface area contributed by atoms with Crippen LogP contribution in [0.15, 0.2) is 36.4 Å². The third kappa shape index (κ3) is 4.84. The zero-order valence-corrected chi connectivity index (χ0v) is 16.0. The van der Waals surface area contributed by atoms with E-state index in [2.05, 4.69) is 10.2 Å². The van der Waals surface area contributed by atoms with Gasteiger partial charge in [0.2, 0.25) is 0 Å². The second-order valence-electron chi connectivity index (χ2n) is 6.49. The highest BCUT2D eigenvalue weighted by Gasteiger charge is 2.24. The molecule has 0 aliphatic carbocycles. The lowest BCUT2D eigenvalue weighted by Crippen LogP contribution is -2.40. The number of hydrogen-bond donors (Lipinski definition) is 1. The van der Waals surface area contributed by atoms with Crippen LogP contribution in [0, 0.1) is 10.1 Å². The fraction of sp³-hybridized carbons (Fsp3) is 0.421. The van der Waals surface area contributed by atoms with Crippen LogP contribution in [0.1, 0.15) is 40.5 Å². The highest BCUT2D eigenvalue weighted by molar-refractivity contribution is 7.17. The van der Waals surface area contributed by atoms with E-state index < -0.39 is 4.92 Å². The maximum absolute atomic E-state index is 12.4. The summed E-state index contributed by atoms with van der Waals surface area (Å²) in [6.07, 6.45) is 3.53. The molecule has 8 heteroatoms. The molecule has 2 heterocycles. The second kappa shape index (κ2) is 8.96. The minimum absolute atomic E-state index is 0.0251. The standard InChI is InChI=1S/C19H23N3O4S/c1-26-15-7-5-14(6-8-15)16(21-11-3-2-4-12-21)13-20-19(23)17-9-10-18(27-17)22(24)25/h5-10,16H,2-4,11-13H2,1H3,(H,20,23). The normalized spacial score (nSPS) is 15.9. The van der Waals surface area contributed by atoms with Crippen LogP contribution in [0.3, 0.4) is 0 Å². The van der Waals surface area contributed by atoms with Gasteiger partial charge in [0.05, 0.1) is 23.0 Å². The van der Waals surface area contributed by atoms with Crippen molar-refractivity contribution in [3.05, 3.63) is 57.0 Å². The summed E-state index contributed by atoms with van der Waals surface area (Å²) in [5, 5.41) is 13.7. The van der Waals surface area contributed by atoms with E-state index in [0.717, 1.165) is 48.6 Å². The van der Waals surface area contributed by atoms with E-state index in [0.29, 0.717) is 11.4 Å². The summed E-state index contributed by atoms with van der Waals surface area (Å²) >= 11 is 0.896. The molecule has 1 aromatic heterocycles. The molecule has 1 aliphatic heterocycles. The fourth-order valence-corrected chi connectivity index (χ4v) is 4.08. The van der Waals surface area contributed by atoms with Gasteiger partial charge in [0.25, 0.3) is 5.91 Å². The summed E-state index contributed by atoms with van der Waals surface area (Å²) in [4.78, 5) is 25.5. The quantitative estimate of drug-likeness (QED) is 0.577. The molecule has 1 saturated heterocycles. The summed E-state index contributed by atoms with van der Waals surface area (Å²) in [5.41, 5.74) is 1.12. The predicted octanol–water partition coefficient (Wildman–Crippen LogP) is 3.62. The van der Waals surface area contributed by atoms with E-state index >= 15 is 0 Å². The number of hydrogen-bond acceptors (Lipinski definition) is 6. The lowest BCUT2D eigenvalue weighted by atomic mass is 10.0. The highest BCUT2D eigenvalue weighted by atomic mass is 32.1. The van der Waals surface area contributed by atoms with Crippen LogP contribution in [-0.2, 0) is 0 Å². The van der Waals surface area contributed by atoms with Crippen LogP contribution in [0.2, 0.25) is 0 Å². The molecule has 27 heavy (non-hydrogen) atoms. The number of benzene rings is 1. The summed E-state index contributed by atoms with van der Waals surface area (Å²) in [5.74, 6) is 0.523. The lowest BCUT2D eigenvalue weighted by molar-refractivity contribution is -0.380. The number of nitrogens with zero attached hydrogens (tertiary/aromatic N) is 2. The van der Waals surface area contributed by atoms with E-state index in [4.69, 9.17) is 4.74 Å². The van der Waals surface area contributed by atoms with E-state index in [1.165, 1.54) is 18.6 Å². The van der Waals surface area contributed by atoms with Gasteiger partial charge in [-0.3, -0.25) is 19.8 Å². The van der Waals surface area contributed by atoms with Gasteiger partial charge in [-0.05, 0) is 49.7 Å². The van der Waals surface area contributed by atoms with Crippen molar-refractivity contribution in [2.75, 3.05) is 26.7 Å². The van der Waals surface area contributed by atoms with Crippen LogP contribution < -0.4 is 10.1 Å². The molecule has 0 bridgehead atoms. The number of nitro groups is 1. The number of carbonyl (C=O) groups is 1. The van der Waals surface area contributed by atoms with Gasteiger partial charge in [-0.1, -0.05) is 29.9 Å². The first kappa shape index (κ1) is 19.3. The summed E-state index contributed by atoms with van der Waals surface area (Å²) in [6.45, 7) is 2.45. The van der Waals surface area contributed by atoms with Crippen molar-refractivity contribution in [1.29, 1.82) is 0 Å². The maximum atomic E-state index is 12.4. The molecule has 1 unspecified atom stereocenters. The molecule has 2 aromatic rings. The zero-order chi connectivity index (χ0) is 19.2. The van der Waals surface area contributed by atoms with Crippen LogP contribution in [0.25, 0.3) is 0 Å². The highest BCUT2D eigenvalue weighted by Crippen LogP contribution is 2.27. The van der Waals surface area contributed by atoms with E-state index in [-0.39, 0.29) is 17.0 Å². The molecule has 3 rings (SSSR count). The molecule has 0 spiro atoms. The molecule has 144 valence electrons. The minimum Gasteiger partial charge on any atom is -0.497 e. The zero-order valence-electron chi connectivity index (χ0n) is 15.2. The number of ether oxygens (including phenoxy) is 1. The van der Waals surface area contributed by atoms with Gasteiger partial charge in [0.15, 0.2) is 0 Å². The number of amides is 1.